The quantitative estimate of drug-likeness (QED) is 0.545. The number of quaternary nitrogens is 1. The topological polar surface area (TPSA) is 55.9 Å². The zero-order chi connectivity index (χ0) is 20.3. The third-order valence-corrected chi connectivity index (χ3v) is 5.68. The molecule has 3 rings (SSSR count). The van der Waals surface area contributed by atoms with E-state index in [1.165, 1.54) is 4.90 Å². The van der Waals surface area contributed by atoms with Gasteiger partial charge in [-0.25, -0.2) is 4.79 Å². The molecule has 0 aliphatic rings. The zero-order valence-corrected chi connectivity index (χ0v) is 18.0. The Morgan fingerprint density at radius 2 is 1.82 bits per heavy atom. The summed E-state index contributed by atoms with van der Waals surface area (Å²) in [5.41, 5.74) is 3.27. The lowest BCUT2D eigenvalue weighted by molar-refractivity contribution is -0.910. The Morgan fingerprint density at radius 3 is 2.43 bits per heavy atom. The third-order valence-electron chi connectivity index (χ3n) is 5.05. The summed E-state index contributed by atoms with van der Waals surface area (Å²) in [7, 11) is 0. The molecule has 2 N–H and O–H groups in total. The average molecular weight is 446 g/mol. The fourth-order valence-corrected chi connectivity index (χ4v) is 3.89. The first-order valence-corrected chi connectivity index (χ1v) is 10.4. The number of phenolic OH excluding ortho intramolecular Hbond substituents is 1. The molecule has 0 spiro atoms. The minimum Gasteiger partial charge on any atom is -0.507 e. The van der Waals surface area contributed by atoms with Crippen molar-refractivity contribution >= 4 is 32.8 Å². The number of esters is 1. The number of carbonyl (C=O) groups excluding carboxylic acids is 1. The predicted molar refractivity (Wildman–Crippen MR) is 114 cm³/mol. The molecule has 5 nitrogen and oxygen atoms in total. The number of carbonyl (C=O) groups is 1. The molecule has 0 radical (unpaired) electrons. The summed E-state index contributed by atoms with van der Waals surface area (Å²) in [6.45, 7) is 8.97. The van der Waals surface area contributed by atoms with Crippen LogP contribution in [0.4, 0.5) is 0 Å². The van der Waals surface area contributed by atoms with E-state index < -0.39 is 0 Å². The van der Waals surface area contributed by atoms with Gasteiger partial charge < -0.3 is 19.3 Å². The van der Waals surface area contributed by atoms with Crippen molar-refractivity contribution in [1.29, 1.82) is 0 Å². The van der Waals surface area contributed by atoms with Crippen molar-refractivity contribution < 1.29 is 19.5 Å². The monoisotopic (exact) mass is 445 g/mol. The number of nitrogens with zero attached hydrogens (tertiary/aromatic N) is 1. The number of aromatic hydroxyl groups is 1. The molecule has 0 aliphatic carbocycles. The maximum atomic E-state index is 12.9. The standard InChI is InChI=1S/C22H25BrN2O3/c1-4-24(5-2)14-19-21(22(27)28-6-3)16-12-20(26)17(23)13-18(16)25(19)15-10-8-7-9-11-15/h7-13,26H,4-6,14H2,1-3H3/p+1. The maximum Gasteiger partial charge on any atom is 0.340 e. The summed E-state index contributed by atoms with van der Waals surface area (Å²) in [5, 5.41) is 11.0. The lowest BCUT2D eigenvalue weighted by atomic mass is 10.1. The Hall–Kier alpha value is -2.31. The van der Waals surface area contributed by atoms with Gasteiger partial charge >= 0.3 is 5.97 Å². The normalized spacial score (nSPS) is 11.3. The van der Waals surface area contributed by atoms with Crippen LogP contribution in [0.15, 0.2) is 46.9 Å². The van der Waals surface area contributed by atoms with E-state index in [9.17, 15) is 9.90 Å². The Bertz CT molecular complexity index is 979. The van der Waals surface area contributed by atoms with Crippen molar-refractivity contribution in [2.24, 2.45) is 0 Å². The Kier molecular flexibility index (Phi) is 6.42. The van der Waals surface area contributed by atoms with E-state index in [4.69, 9.17) is 4.74 Å². The highest BCUT2D eigenvalue weighted by Gasteiger charge is 2.27. The number of hydrogen-bond acceptors (Lipinski definition) is 3. The van der Waals surface area contributed by atoms with Crippen LogP contribution in [0.2, 0.25) is 0 Å². The zero-order valence-electron chi connectivity index (χ0n) is 16.5. The van der Waals surface area contributed by atoms with Crippen molar-refractivity contribution in [3.8, 4) is 11.4 Å². The molecule has 0 unspecified atom stereocenters. The number of hydrogen-bond donors (Lipinski definition) is 2. The molecule has 2 aromatic carbocycles. The number of para-hydroxylation sites is 1. The molecule has 148 valence electrons. The molecule has 0 fully saturated rings. The van der Waals surface area contributed by atoms with Crippen LogP contribution in [0.3, 0.4) is 0 Å². The minimum atomic E-state index is -0.356. The van der Waals surface area contributed by atoms with E-state index in [1.807, 2.05) is 36.4 Å². The summed E-state index contributed by atoms with van der Waals surface area (Å²) >= 11 is 3.42. The number of ether oxygens (including phenoxy) is 1. The molecular weight excluding hydrogens is 420 g/mol. The number of nitrogens with one attached hydrogen (secondary N) is 1. The van der Waals surface area contributed by atoms with Crippen molar-refractivity contribution in [2.45, 2.75) is 27.3 Å². The molecule has 1 aromatic heterocycles. The average Bonchev–Trinajstić information content (AvgIpc) is 3.00. The number of aromatic nitrogens is 1. The van der Waals surface area contributed by atoms with E-state index in [1.54, 1.807) is 13.0 Å². The van der Waals surface area contributed by atoms with Crippen LogP contribution in [-0.2, 0) is 11.3 Å². The predicted octanol–water partition coefficient (Wildman–Crippen LogP) is 3.70. The second kappa shape index (κ2) is 8.80. The Balaban J connectivity index is 2.39. The van der Waals surface area contributed by atoms with Gasteiger partial charge in [-0.3, -0.25) is 0 Å². The summed E-state index contributed by atoms with van der Waals surface area (Å²) in [6, 6.07) is 13.5. The summed E-state index contributed by atoms with van der Waals surface area (Å²) < 4.78 is 8.09. The van der Waals surface area contributed by atoms with Crippen molar-refractivity contribution in [1.82, 2.24) is 4.57 Å². The second-order valence-corrected chi connectivity index (χ2v) is 7.52. The van der Waals surface area contributed by atoms with Gasteiger partial charge in [0.05, 0.1) is 40.9 Å². The minimum absolute atomic E-state index is 0.102. The third kappa shape index (κ3) is 3.80. The first-order valence-electron chi connectivity index (χ1n) is 9.63. The van der Waals surface area contributed by atoms with E-state index in [-0.39, 0.29) is 11.7 Å². The molecule has 0 amide bonds. The fraction of sp³-hybridized carbons (Fsp3) is 0.318. The van der Waals surface area contributed by atoms with Gasteiger partial charge in [-0.1, -0.05) is 18.2 Å². The van der Waals surface area contributed by atoms with Crippen molar-refractivity contribution in [3.05, 3.63) is 58.2 Å². The van der Waals surface area contributed by atoms with Crippen LogP contribution in [0, 0.1) is 0 Å². The number of rotatable bonds is 7. The lowest BCUT2D eigenvalue weighted by Crippen LogP contribution is -3.10. The van der Waals surface area contributed by atoms with Gasteiger partial charge in [0, 0.05) is 11.1 Å². The van der Waals surface area contributed by atoms with Crippen LogP contribution in [0.1, 0.15) is 36.8 Å². The molecule has 0 aliphatic heterocycles. The van der Waals surface area contributed by atoms with Gasteiger partial charge in [-0.15, -0.1) is 0 Å². The largest absolute Gasteiger partial charge is 0.507 e. The first kappa shape index (κ1) is 20.4. The van der Waals surface area contributed by atoms with Crippen molar-refractivity contribution in [2.75, 3.05) is 19.7 Å². The lowest BCUT2D eigenvalue weighted by Gasteiger charge is -2.18. The molecule has 0 bridgehead atoms. The second-order valence-electron chi connectivity index (χ2n) is 6.67. The van der Waals surface area contributed by atoms with Gasteiger partial charge in [-0.2, -0.15) is 0 Å². The van der Waals surface area contributed by atoms with E-state index in [2.05, 4.69) is 34.3 Å². The van der Waals surface area contributed by atoms with Crippen LogP contribution < -0.4 is 4.90 Å². The van der Waals surface area contributed by atoms with Crippen molar-refractivity contribution in [3.63, 3.8) is 0 Å². The van der Waals surface area contributed by atoms with E-state index in [0.717, 1.165) is 30.0 Å². The molecule has 28 heavy (non-hydrogen) atoms. The summed E-state index contributed by atoms with van der Waals surface area (Å²) in [4.78, 5) is 14.3. The molecule has 0 atom stereocenters. The smallest absolute Gasteiger partial charge is 0.340 e. The summed E-state index contributed by atoms with van der Waals surface area (Å²) in [5.74, 6) is -0.254. The maximum absolute atomic E-state index is 12.9. The first-order chi connectivity index (χ1) is 13.5. The Morgan fingerprint density at radius 1 is 1.14 bits per heavy atom. The number of halogens is 1. The molecule has 0 saturated heterocycles. The highest BCUT2D eigenvalue weighted by Crippen LogP contribution is 2.36. The molecule has 1 heterocycles. The molecule has 3 aromatic rings. The van der Waals surface area contributed by atoms with Gasteiger partial charge in [-0.05, 0) is 61.0 Å². The Labute approximate surface area is 173 Å². The number of fused-ring (bicyclic) bond motifs is 1. The SMILES string of the molecule is CCOC(=O)c1c(C[NH+](CC)CC)n(-c2ccccc2)c2cc(Br)c(O)cc12. The fourth-order valence-electron chi connectivity index (χ4n) is 3.56. The van der Waals surface area contributed by atoms with Gasteiger partial charge in [0.15, 0.2) is 0 Å². The highest BCUT2D eigenvalue weighted by molar-refractivity contribution is 9.10. The molecular formula is C22H26BrN2O3+. The highest BCUT2D eigenvalue weighted by atomic mass is 79.9. The number of phenols is 1. The van der Waals surface area contributed by atoms with Crippen LogP contribution >= 0.6 is 15.9 Å². The molecule has 6 heteroatoms. The van der Waals surface area contributed by atoms with Gasteiger partial charge in [0.2, 0.25) is 0 Å². The van der Waals surface area contributed by atoms with Crippen LogP contribution in [0.5, 0.6) is 5.75 Å². The van der Waals surface area contributed by atoms with Gasteiger partial charge in [0.25, 0.3) is 0 Å². The van der Waals surface area contributed by atoms with E-state index >= 15 is 0 Å². The number of benzene rings is 2. The van der Waals surface area contributed by atoms with E-state index in [0.29, 0.717) is 28.6 Å². The molecule has 0 saturated carbocycles. The summed E-state index contributed by atoms with van der Waals surface area (Å²) in [6.07, 6.45) is 0. The van der Waals surface area contributed by atoms with Crippen LogP contribution in [0.25, 0.3) is 16.6 Å². The van der Waals surface area contributed by atoms with Crippen LogP contribution in [-0.4, -0.2) is 35.3 Å². The van der Waals surface area contributed by atoms with Gasteiger partial charge in [0.1, 0.15) is 12.3 Å².